The van der Waals surface area contributed by atoms with Gasteiger partial charge in [0.05, 0.1) is 0 Å². The molecule has 4 N–H and O–H groups in total. The van der Waals surface area contributed by atoms with Gasteiger partial charge in [-0.3, -0.25) is 4.79 Å². The molecule has 4 nitrogen and oxygen atoms in total. The molecule has 1 aromatic rings. The summed E-state index contributed by atoms with van der Waals surface area (Å²) in [5.41, 5.74) is 5.05. The van der Waals surface area contributed by atoms with Crippen LogP contribution < -0.4 is 5.73 Å². The minimum absolute atomic E-state index is 0. The van der Waals surface area contributed by atoms with Gasteiger partial charge in [0.1, 0.15) is 17.6 Å². The van der Waals surface area contributed by atoms with Crippen LogP contribution in [-0.4, -0.2) is 16.2 Å². The topological polar surface area (TPSA) is 83.6 Å². The standard InChI is InChI=1S/C8H8FNO3.ClH/c9-4-1-2-6(11)5(3-4)7(10)8(12)13;/h1-3,7,11H,10H2,(H,12,13);1H/t7-;/m0./s1. The minimum atomic E-state index is -1.41. The van der Waals surface area contributed by atoms with Gasteiger partial charge in [-0.1, -0.05) is 0 Å². The van der Waals surface area contributed by atoms with Crippen LogP contribution >= 0.6 is 12.4 Å². The fourth-order valence-corrected chi connectivity index (χ4v) is 0.908. The summed E-state index contributed by atoms with van der Waals surface area (Å²) in [6.45, 7) is 0. The van der Waals surface area contributed by atoms with Gasteiger partial charge in [0.15, 0.2) is 0 Å². The number of benzene rings is 1. The average Bonchev–Trinajstić information content (AvgIpc) is 2.08. The Morgan fingerprint density at radius 1 is 1.50 bits per heavy atom. The number of hydrogen-bond donors (Lipinski definition) is 3. The molecule has 1 atom stereocenters. The van der Waals surface area contributed by atoms with Crippen LogP contribution in [0.3, 0.4) is 0 Å². The van der Waals surface area contributed by atoms with E-state index in [9.17, 15) is 9.18 Å². The molecule has 0 saturated heterocycles. The Kier molecular flexibility index (Phi) is 4.33. The maximum Gasteiger partial charge on any atom is 0.325 e. The smallest absolute Gasteiger partial charge is 0.325 e. The summed E-state index contributed by atoms with van der Waals surface area (Å²) in [4.78, 5) is 10.4. The van der Waals surface area contributed by atoms with Crippen molar-refractivity contribution in [3.63, 3.8) is 0 Å². The van der Waals surface area contributed by atoms with E-state index in [0.717, 1.165) is 18.2 Å². The third-order valence-corrected chi connectivity index (χ3v) is 1.59. The molecule has 78 valence electrons. The first-order chi connectivity index (χ1) is 6.02. The predicted octanol–water partition coefficient (Wildman–Crippen LogP) is 1.04. The summed E-state index contributed by atoms with van der Waals surface area (Å²) in [6.07, 6.45) is 0. The van der Waals surface area contributed by atoms with E-state index in [1.807, 2.05) is 0 Å². The molecule has 0 aliphatic carbocycles. The maximum absolute atomic E-state index is 12.6. The Hall–Kier alpha value is -1.33. The summed E-state index contributed by atoms with van der Waals surface area (Å²) in [5.74, 6) is -2.28. The van der Waals surface area contributed by atoms with Gasteiger partial charge in [-0.05, 0) is 18.2 Å². The number of nitrogens with two attached hydrogens (primary N) is 1. The maximum atomic E-state index is 12.6. The lowest BCUT2D eigenvalue weighted by Gasteiger charge is -2.08. The Bertz CT molecular complexity index is 345. The fraction of sp³-hybridized carbons (Fsp3) is 0.125. The monoisotopic (exact) mass is 221 g/mol. The molecule has 0 unspecified atom stereocenters. The van der Waals surface area contributed by atoms with Crippen LogP contribution in [0.1, 0.15) is 11.6 Å². The summed E-state index contributed by atoms with van der Waals surface area (Å²) in [7, 11) is 0. The Morgan fingerprint density at radius 3 is 2.57 bits per heavy atom. The number of phenols is 1. The fourth-order valence-electron chi connectivity index (χ4n) is 0.908. The van der Waals surface area contributed by atoms with Gasteiger partial charge in [0.25, 0.3) is 0 Å². The van der Waals surface area contributed by atoms with Crippen molar-refractivity contribution in [2.45, 2.75) is 6.04 Å². The minimum Gasteiger partial charge on any atom is -0.508 e. The zero-order chi connectivity index (χ0) is 10.0. The van der Waals surface area contributed by atoms with Crippen LogP contribution in [0.4, 0.5) is 4.39 Å². The molecule has 1 aromatic carbocycles. The Balaban J connectivity index is 0.00000169. The highest BCUT2D eigenvalue weighted by Gasteiger charge is 2.18. The van der Waals surface area contributed by atoms with E-state index >= 15 is 0 Å². The van der Waals surface area contributed by atoms with Crippen molar-refractivity contribution in [3.05, 3.63) is 29.6 Å². The highest BCUT2D eigenvalue weighted by molar-refractivity contribution is 5.85. The third kappa shape index (κ3) is 2.58. The second-order valence-corrected chi connectivity index (χ2v) is 2.52. The highest BCUT2D eigenvalue weighted by Crippen LogP contribution is 2.23. The van der Waals surface area contributed by atoms with Crippen LogP contribution in [0, 0.1) is 5.82 Å². The Labute approximate surface area is 85.6 Å². The molecule has 0 radical (unpaired) electrons. The quantitative estimate of drug-likeness (QED) is 0.697. The largest absolute Gasteiger partial charge is 0.508 e. The number of rotatable bonds is 2. The van der Waals surface area contributed by atoms with Crippen LogP contribution in [0.5, 0.6) is 5.75 Å². The number of carbonyl (C=O) groups is 1. The molecule has 14 heavy (non-hydrogen) atoms. The highest BCUT2D eigenvalue weighted by atomic mass is 35.5. The summed E-state index contributed by atoms with van der Waals surface area (Å²) in [6, 6.07) is 1.57. The van der Waals surface area contributed by atoms with Crippen molar-refractivity contribution in [2.24, 2.45) is 5.73 Å². The van der Waals surface area contributed by atoms with Crippen molar-refractivity contribution >= 4 is 18.4 Å². The predicted molar refractivity (Wildman–Crippen MR) is 49.9 cm³/mol. The Morgan fingerprint density at radius 2 is 2.07 bits per heavy atom. The zero-order valence-corrected chi connectivity index (χ0v) is 7.79. The molecular weight excluding hydrogens is 213 g/mol. The molecular formula is C8H9ClFNO3. The first-order valence-corrected chi connectivity index (χ1v) is 3.49. The van der Waals surface area contributed by atoms with Crippen molar-refractivity contribution in [1.82, 2.24) is 0 Å². The van der Waals surface area contributed by atoms with E-state index in [0.29, 0.717) is 0 Å². The van der Waals surface area contributed by atoms with Crippen LogP contribution in [0.2, 0.25) is 0 Å². The van der Waals surface area contributed by atoms with E-state index in [-0.39, 0.29) is 23.7 Å². The van der Waals surface area contributed by atoms with E-state index in [2.05, 4.69) is 0 Å². The van der Waals surface area contributed by atoms with E-state index in [1.165, 1.54) is 0 Å². The number of halogens is 2. The summed E-state index contributed by atoms with van der Waals surface area (Å²) in [5, 5.41) is 17.6. The lowest BCUT2D eigenvalue weighted by Crippen LogP contribution is -2.20. The van der Waals surface area contributed by atoms with Crippen LogP contribution in [0.25, 0.3) is 0 Å². The van der Waals surface area contributed by atoms with E-state index < -0.39 is 17.8 Å². The molecule has 0 aliphatic heterocycles. The van der Waals surface area contributed by atoms with Gasteiger partial charge in [-0.15, -0.1) is 12.4 Å². The number of phenolic OH excluding ortho intramolecular Hbond substituents is 1. The van der Waals surface area contributed by atoms with Crippen molar-refractivity contribution in [2.75, 3.05) is 0 Å². The summed E-state index contributed by atoms with van der Waals surface area (Å²) >= 11 is 0. The van der Waals surface area contributed by atoms with Gasteiger partial charge < -0.3 is 15.9 Å². The number of aromatic hydroxyl groups is 1. The molecule has 1 rings (SSSR count). The normalized spacial score (nSPS) is 11.6. The lowest BCUT2D eigenvalue weighted by molar-refractivity contribution is -0.138. The first kappa shape index (κ1) is 12.7. The lowest BCUT2D eigenvalue weighted by atomic mass is 10.1. The molecule has 0 heterocycles. The molecule has 0 spiro atoms. The number of hydrogen-bond acceptors (Lipinski definition) is 3. The SMILES string of the molecule is Cl.N[C@H](C(=O)O)c1cc(F)ccc1O. The van der Waals surface area contributed by atoms with Gasteiger partial charge in [-0.2, -0.15) is 0 Å². The van der Waals surface area contributed by atoms with Gasteiger partial charge in [0.2, 0.25) is 0 Å². The van der Waals surface area contributed by atoms with Crippen molar-refractivity contribution in [3.8, 4) is 5.75 Å². The molecule has 0 amide bonds. The van der Waals surface area contributed by atoms with Gasteiger partial charge in [-0.25, -0.2) is 4.39 Å². The molecule has 0 bridgehead atoms. The van der Waals surface area contributed by atoms with Crippen molar-refractivity contribution in [1.29, 1.82) is 0 Å². The van der Waals surface area contributed by atoms with Crippen molar-refractivity contribution < 1.29 is 19.4 Å². The molecule has 0 aliphatic rings. The number of carboxylic acids is 1. The number of aliphatic carboxylic acids is 1. The van der Waals surface area contributed by atoms with E-state index in [1.54, 1.807) is 0 Å². The second kappa shape index (κ2) is 4.78. The second-order valence-electron chi connectivity index (χ2n) is 2.52. The van der Waals surface area contributed by atoms with E-state index in [4.69, 9.17) is 15.9 Å². The summed E-state index contributed by atoms with van der Waals surface area (Å²) < 4.78 is 12.6. The van der Waals surface area contributed by atoms with Gasteiger partial charge >= 0.3 is 5.97 Å². The third-order valence-electron chi connectivity index (χ3n) is 1.59. The number of carboxylic acid groups (broad SMARTS) is 1. The molecule has 0 saturated carbocycles. The average molecular weight is 222 g/mol. The van der Waals surface area contributed by atoms with Crippen LogP contribution in [-0.2, 0) is 4.79 Å². The van der Waals surface area contributed by atoms with Crippen LogP contribution in [0.15, 0.2) is 18.2 Å². The van der Waals surface area contributed by atoms with Gasteiger partial charge in [0, 0.05) is 5.56 Å². The molecule has 0 aromatic heterocycles. The molecule has 0 fully saturated rings. The zero-order valence-electron chi connectivity index (χ0n) is 6.98. The molecule has 6 heteroatoms. The first-order valence-electron chi connectivity index (χ1n) is 3.49.